The van der Waals surface area contributed by atoms with Crippen LogP contribution in [0.3, 0.4) is 0 Å². The molecule has 6 nitrogen and oxygen atoms in total. The van der Waals surface area contributed by atoms with Gasteiger partial charge in [0.2, 0.25) is 10.0 Å². The third kappa shape index (κ3) is 5.83. The first-order chi connectivity index (χ1) is 13.8. The van der Waals surface area contributed by atoms with Crippen molar-refractivity contribution in [3.8, 4) is 0 Å². The Morgan fingerprint density at radius 3 is 2.59 bits per heavy atom. The molecule has 2 aromatic carbocycles. The highest BCUT2D eigenvalue weighted by molar-refractivity contribution is 7.89. The Balaban J connectivity index is 1.66. The smallest absolute Gasteiger partial charge is 0.251 e. The SMILES string of the molecule is O=C(NCCc1cccc(Cl)c1)c1ccc(Cl)c(S(=O)(=O)NCc2ccco2)c1. The van der Waals surface area contributed by atoms with Crippen molar-refractivity contribution in [2.75, 3.05) is 6.54 Å². The van der Waals surface area contributed by atoms with Crippen LogP contribution in [0.4, 0.5) is 0 Å². The average Bonchev–Trinajstić information content (AvgIpc) is 3.20. The van der Waals surface area contributed by atoms with Gasteiger partial charge in [0, 0.05) is 17.1 Å². The molecule has 0 atom stereocenters. The van der Waals surface area contributed by atoms with Gasteiger partial charge in [0.1, 0.15) is 10.7 Å². The van der Waals surface area contributed by atoms with Gasteiger partial charge in [0.25, 0.3) is 5.91 Å². The number of nitrogens with one attached hydrogen (secondary N) is 2. The molecule has 1 amide bonds. The summed E-state index contributed by atoms with van der Waals surface area (Å²) in [4.78, 5) is 12.3. The van der Waals surface area contributed by atoms with Crippen molar-refractivity contribution in [2.45, 2.75) is 17.9 Å². The fraction of sp³-hybridized carbons (Fsp3) is 0.150. The van der Waals surface area contributed by atoms with Crippen LogP contribution in [0.2, 0.25) is 10.0 Å². The Labute approximate surface area is 178 Å². The molecule has 2 N–H and O–H groups in total. The molecule has 0 aliphatic rings. The molecule has 0 unspecified atom stereocenters. The van der Waals surface area contributed by atoms with Crippen LogP contribution in [0, 0.1) is 0 Å². The number of carbonyl (C=O) groups excluding carboxylic acids is 1. The van der Waals surface area contributed by atoms with Gasteiger partial charge in [-0.05, 0) is 54.4 Å². The monoisotopic (exact) mass is 452 g/mol. The van der Waals surface area contributed by atoms with Crippen LogP contribution in [0.5, 0.6) is 0 Å². The molecule has 0 bridgehead atoms. The van der Waals surface area contributed by atoms with E-state index in [2.05, 4.69) is 10.0 Å². The van der Waals surface area contributed by atoms with Gasteiger partial charge in [-0.2, -0.15) is 0 Å². The summed E-state index contributed by atoms with van der Waals surface area (Å²) in [6, 6.07) is 14.8. The molecule has 0 aliphatic carbocycles. The van der Waals surface area contributed by atoms with Crippen molar-refractivity contribution >= 4 is 39.1 Å². The number of amides is 1. The second-order valence-electron chi connectivity index (χ2n) is 6.18. The van der Waals surface area contributed by atoms with Gasteiger partial charge in [-0.15, -0.1) is 0 Å². The molecule has 0 aliphatic heterocycles. The van der Waals surface area contributed by atoms with Crippen molar-refractivity contribution in [1.82, 2.24) is 10.0 Å². The number of carbonyl (C=O) groups is 1. The number of sulfonamides is 1. The molecular weight excluding hydrogens is 435 g/mol. The second-order valence-corrected chi connectivity index (χ2v) is 8.76. The molecule has 0 radical (unpaired) electrons. The van der Waals surface area contributed by atoms with E-state index >= 15 is 0 Å². The van der Waals surface area contributed by atoms with Crippen molar-refractivity contribution < 1.29 is 17.6 Å². The standard InChI is InChI=1S/C20H18Cl2N2O4S/c21-16-4-1-3-14(11-16)8-9-23-20(25)15-6-7-18(22)19(12-15)29(26,27)24-13-17-5-2-10-28-17/h1-7,10-12,24H,8-9,13H2,(H,23,25). The van der Waals surface area contributed by atoms with E-state index in [1.165, 1.54) is 24.5 Å². The van der Waals surface area contributed by atoms with Gasteiger partial charge in [-0.25, -0.2) is 13.1 Å². The van der Waals surface area contributed by atoms with E-state index in [-0.39, 0.29) is 22.0 Å². The zero-order valence-corrected chi connectivity index (χ0v) is 17.5. The minimum absolute atomic E-state index is 0.0208. The molecule has 0 saturated heterocycles. The number of benzene rings is 2. The lowest BCUT2D eigenvalue weighted by Crippen LogP contribution is -2.27. The van der Waals surface area contributed by atoms with Gasteiger partial charge in [0.05, 0.1) is 17.8 Å². The first kappa shape index (κ1) is 21.4. The number of furan rings is 1. The summed E-state index contributed by atoms with van der Waals surface area (Å²) in [5.74, 6) is 0.0609. The molecule has 152 valence electrons. The number of halogens is 2. The van der Waals surface area contributed by atoms with Crippen LogP contribution in [-0.4, -0.2) is 20.9 Å². The molecule has 29 heavy (non-hydrogen) atoms. The fourth-order valence-electron chi connectivity index (χ4n) is 2.62. The molecule has 0 saturated carbocycles. The Morgan fingerprint density at radius 2 is 1.86 bits per heavy atom. The van der Waals surface area contributed by atoms with Crippen LogP contribution in [0.15, 0.2) is 70.2 Å². The van der Waals surface area contributed by atoms with Crippen LogP contribution in [0.25, 0.3) is 0 Å². The van der Waals surface area contributed by atoms with E-state index in [0.717, 1.165) is 5.56 Å². The maximum Gasteiger partial charge on any atom is 0.251 e. The molecule has 1 aromatic heterocycles. The van der Waals surface area contributed by atoms with E-state index < -0.39 is 15.9 Å². The van der Waals surface area contributed by atoms with Gasteiger partial charge in [-0.1, -0.05) is 35.3 Å². The van der Waals surface area contributed by atoms with E-state index in [1.54, 1.807) is 18.2 Å². The van der Waals surface area contributed by atoms with Gasteiger partial charge < -0.3 is 9.73 Å². The first-order valence-corrected chi connectivity index (χ1v) is 10.9. The van der Waals surface area contributed by atoms with Gasteiger partial charge >= 0.3 is 0 Å². The van der Waals surface area contributed by atoms with Crippen LogP contribution in [0.1, 0.15) is 21.7 Å². The summed E-state index contributed by atoms with van der Waals surface area (Å²) >= 11 is 12.0. The maximum absolute atomic E-state index is 12.6. The Bertz CT molecular complexity index is 1100. The quantitative estimate of drug-likeness (QED) is 0.539. The second kappa shape index (κ2) is 9.45. The Hall–Kier alpha value is -2.32. The fourth-order valence-corrected chi connectivity index (χ4v) is 4.35. The minimum atomic E-state index is -3.93. The van der Waals surface area contributed by atoms with Gasteiger partial charge in [0.15, 0.2) is 0 Å². The number of hydrogen-bond acceptors (Lipinski definition) is 4. The minimum Gasteiger partial charge on any atom is -0.468 e. The number of rotatable bonds is 8. The normalized spacial score (nSPS) is 11.4. The first-order valence-electron chi connectivity index (χ1n) is 8.69. The molecule has 9 heteroatoms. The third-order valence-corrected chi connectivity index (χ3v) is 6.21. The molecular formula is C20H18Cl2N2O4S. The summed E-state index contributed by atoms with van der Waals surface area (Å²) < 4.78 is 32.7. The van der Waals surface area contributed by atoms with Gasteiger partial charge in [-0.3, -0.25) is 4.79 Å². The topological polar surface area (TPSA) is 88.4 Å². The predicted octanol–water partition coefficient (Wildman–Crippen LogP) is 4.04. The van der Waals surface area contributed by atoms with Crippen molar-refractivity contribution in [3.63, 3.8) is 0 Å². The molecule has 0 fully saturated rings. The largest absolute Gasteiger partial charge is 0.468 e. The highest BCUT2D eigenvalue weighted by Crippen LogP contribution is 2.23. The molecule has 0 spiro atoms. The summed E-state index contributed by atoms with van der Waals surface area (Å²) in [7, 11) is -3.93. The summed E-state index contributed by atoms with van der Waals surface area (Å²) in [6.45, 7) is 0.350. The Kier molecular flexibility index (Phi) is 6.97. The summed E-state index contributed by atoms with van der Waals surface area (Å²) in [5.41, 5.74) is 1.18. The lowest BCUT2D eigenvalue weighted by atomic mass is 10.1. The van der Waals surface area contributed by atoms with Crippen molar-refractivity contribution in [2.24, 2.45) is 0 Å². The molecule has 3 rings (SSSR count). The predicted molar refractivity (Wildman–Crippen MR) is 112 cm³/mol. The average molecular weight is 453 g/mol. The lowest BCUT2D eigenvalue weighted by molar-refractivity contribution is 0.0954. The van der Waals surface area contributed by atoms with E-state index in [9.17, 15) is 13.2 Å². The highest BCUT2D eigenvalue weighted by atomic mass is 35.5. The zero-order chi connectivity index (χ0) is 20.9. The van der Waals surface area contributed by atoms with Crippen molar-refractivity contribution in [3.05, 3.63) is 87.8 Å². The highest BCUT2D eigenvalue weighted by Gasteiger charge is 2.20. The number of hydrogen-bond donors (Lipinski definition) is 2. The van der Waals surface area contributed by atoms with Crippen LogP contribution >= 0.6 is 23.2 Å². The van der Waals surface area contributed by atoms with E-state index in [0.29, 0.717) is 23.7 Å². The summed E-state index contributed by atoms with van der Waals surface area (Å²) in [6.07, 6.45) is 2.04. The maximum atomic E-state index is 12.6. The van der Waals surface area contributed by atoms with E-state index in [1.807, 2.05) is 18.2 Å². The third-order valence-electron chi connectivity index (χ3n) is 4.09. The Morgan fingerprint density at radius 1 is 1.03 bits per heavy atom. The van der Waals surface area contributed by atoms with Crippen LogP contribution in [-0.2, 0) is 23.0 Å². The van der Waals surface area contributed by atoms with Crippen molar-refractivity contribution in [1.29, 1.82) is 0 Å². The zero-order valence-electron chi connectivity index (χ0n) is 15.2. The summed E-state index contributed by atoms with van der Waals surface area (Å²) in [5, 5.41) is 3.41. The molecule has 3 aromatic rings. The van der Waals surface area contributed by atoms with Crippen LogP contribution < -0.4 is 10.0 Å². The lowest BCUT2D eigenvalue weighted by Gasteiger charge is -2.10. The van der Waals surface area contributed by atoms with E-state index in [4.69, 9.17) is 27.6 Å². The molecule has 1 heterocycles.